The van der Waals surface area contributed by atoms with Crippen molar-refractivity contribution in [1.82, 2.24) is 5.06 Å². The highest BCUT2D eigenvalue weighted by atomic mass is 16.8. The van der Waals surface area contributed by atoms with Crippen LogP contribution in [0.15, 0.2) is 54.6 Å². The molecule has 1 heterocycles. The summed E-state index contributed by atoms with van der Waals surface area (Å²) in [6.45, 7) is 6.99. The minimum Gasteiger partial charge on any atom is -0.489 e. The molecule has 0 aliphatic carbocycles. The van der Waals surface area contributed by atoms with Crippen LogP contribution in [-0.2, 0) is 16.2 Å². The molecule has 1 N–H and O–H groups in total. The Kier molecular flexibility index (Phi) is 7.34. The molecule has 0 bridgehead atoms. The molecule has 1 saturated heterocycles. The topological polar surface area (TPSA) is 68.2 Å². The summed E-state index contributed by atoms with van der Waals surface area (Å²) in [6.07, 6.45) is 0.0654. The second-order valence-corrected chi connectivity index (χ2v) is 8.62. The molecule has 0 amide bonds. The predicted molar refractivity (Wildman–Crippen MR) is 114 cm³/mol. The second-order valence-electron chi connectivity index (χ2n) is 8.62. The Hall–Kier alpha value is -2.57. The van der Waals surface area contributed by atoms with Crippen LogP contribution >= 0.6 is 0 Å². The number of hydrogen-bond donors (Lipinski definition) is 1. The van der Waals surface area contributed by atoms with Crippen LogP contribution in [0.5, 0.6) is 5.75 Å². The smallest absolute Gasteiger partial charge is 0.489 e. The highest BCUT2D eigenvalue weighted by molar-refractivity contribution is 5.60. The van der Waals surface area contributed by atoms with Crippen molar-refractivity contribution in [2.45, 2.75) is 45.3 Å². The summed E-state index contributed by atoms with van der Waals surface area (Å²) in [4.78, 5) is 17.2. The molecule has 2 aromatic rings. The van der Waals surface area contributed by atoms with Crippen LogP contribution in [0.1, 0.15) is 44.2 Å². The lowest BCUT2D eigenvalue weighted by Gasteiger charge is -2.36. The van der Waals surface area contributed by atoms with Gasteiger partial charge in [0.2, 0.25) is 0 Å². The summed E-state index contributed by atoms with van der Waals surface area (Å²) in [5.41, 5.74) is 1.67. The van der Waals surface area contributed by atoms with E-state index in [1.165, 1.54) is 0 Å². The minimum absolute atomic E-state index is 0.0190. The fourth-order valence-corrected chi connectivity index (χ4v) is 3.63. The zero-order valence-electron chi connectivity index (χ0n) is 17.9. The first-order chi connectivity index (χ1) is 14.3. The maximum absolute atomic E-state index is 11.9. The van der Waals surface area contributed by atoms with Gasteiger partial charge in [-0.1, -0.05) is 42.5 Å². The van der Waals surface area contributed by atoms with Crippen LogP contribution in [0.4, 0.5) is 4.79 Å². The zero-order chi connectivity index (χ0) is 21.6. The van der Waals surface area contributed by atoms with E-state index in [4.69, 9.17) is 14.3 Å². The highest BCUT2D eigenvalue weighted by Gasteiger charge is 2.32. The van der Waals surface area contributed by atoms with Crippen molar-refractivity contribution >= 4 is 6.16 Å². The van der Waals surface area contributed by atoms with Gasteiger partial charge in [-0.15, -0.1) is 5.06 Å². The number of carbonyl (C=O) groups excluding carboxylic acids is 1. The summed E-state index contributed by atoms with van der Waals surface area (Å²) in [5.74, 6) is 0.975. The molecule has 6 heteroatoms. The van der Waals surface area contributed by atoms with Gasteiger partial charge in [0.25, 0.3) is 0 Å². The minimum atomic E-state index is -0.711. The third kappa shape index (κ3) is 6.47. The van der Waals surface area contributed by atoms with Gasteiger partial charge in [-0.2, -0.15) is 0 Å². The second kappa shape index (κ2) is 9.96. The summed E-state index contributed by atoms with van der Waals surface area (Å²) in [6, 6.07) is 18.1. The third-order valence-corrected chi connectivity index (χ3v) is 5.08. The molecule has 162 valence electrons. The van der Waals surface area contributed by atoms with Crippen molar-refractivity contribution in [3.05, 3.63) is 65.7 Å². The fraction of sp³-hybridized carbons (Fsp3) is 0.458. The van der Waals surface area contributed by atoms with Gasteiger partial charge in [0.05, 0.1) is 0 Å². The quantitative estimate of drug-likeness (QED) is 0.702. The summed E-state index contributed by atoms with van der Waals surface area (Å²) in [5, 5.41) is 11.5. The number of ether oxygens (including phenoxy) is 2. The maximum atomic E-state index is 11.9. The van der Waals surface area contributed by atoms with Gasteiger partial charge in [-0.3, -0.25) is 0 Å². The fourth-order valence-electron chi connectivity index (χ4n) is 3.63. The first kappa shape index (κ1) is 22.1. The first-order valence-corrected chi connectivity index (χ1v) is 10.4. The summed E-state index contributed by atoms with van der Waals surface area (Å²) < 4.78 is 11.1. The Bertz CT molecular complexity index is 801. The number of aliphatic hydroxyl groups is 1. The molecular formula is C24H31NO5. The number of rotatable bonds is 6. The predicted octanol–water partition coefficient (Wildman–Crippen LogP) is 4.53. The van der Waals surface area contributed by atoms with E-state index in [0.717, 1.165) is 23.3 Å². The van der Waals surface area contributed by atoms with E-state index in [-0.39, 0.29) is 18.4 Å². The maximum Gasteiger partial charge on any atom is 0.528 e. The van der Waals surface area contributed by atoms with E-state index in [2.05, 4.69) is 12.1 Å². The molecule has 3 rings (SSSR count). The Morgan fingerprint density at radius 3 is 2.43 bits per heavy atom. The van der Waals surface area contributed by atoms with Crippen LogP contribution in [-0.4, -0.2) is 41.6 Å². The van der Waals surface area contributed by atoms with Crippen LogP contribution in [0.3, 0.4) is 0 Å². The SMILES string of the molecule is CC(C)(C)OC(=O)ON1CCC(c2ccc(OCc3ccccc3)cc2)C(CO)C1. The molecule has 1 aliphatic rings. The van der Waals surface area contributed by atoms with Crippen LogP contribution < -0.4 is 4.74 Å². The first-order valence-electron chi connectivity index (χ1n) is 10.4. The van der Waals surface area contributed by atoms with Crippen molar-refractivity contribution < 1.29 is 24.2 Å². The Balaban J connectivity index is 1.55. The van der Waals surface area contributed by atoms with Gasteiger partial charge in [-0.05, 0) is 56.4 Å². The van der Waals surface area contributed by atoms with Gasteiger partial charge >= 0.3 is 6.16 Å². The van der Waals surface area contributed by atoms with Gasteiger partial charge in [0.1, 0.15) is 18.0 Å². The van der Waals surface area contributed by atoms with E-state index >= 15 is 0 Å². The van der Waals surface area contributed by atoms with E-state index in [1.54, 1.807) is 25.8 Å². The molecule has 0 radical (unpaired) electrons. The number of hydroxylamine groups is 2. The molecule has 6 nitrogen and oxygen atoms in total. The lowest BCUT2D eigenvalue weighted by atomic mass is 9.81. The standard InChI is InChI=1S/C24H31NO5/c1-24(2,3)29-23(27)30-25-14-13-22(20(15-25)16-26)19-9-11-21(12-10-19)28-17-18-7-5-4-6-8-18/h4-12,20,22,26H,13-17H2,1-3H3. The normalized spacial score (nSPS) is 19.9. The average Bonchev–Trinajstić information content (AvgIpc) is 2.72. The molecule has 0 aromatic heterocycles. The van der Waals surface area contributed by atoms with Crippen molar-refractivity contribution in [1.29, 1.82) is 0 Å². The monoisotopic (exact) mass is 413 g/mol. The lowest BCUT2D eigenvalue weighted by molar-refractivity contribution is -0.164. The van der Waals surface area contributed by atoms with Crippen LogP contribution in [0, 0.1) is 5.92 Å². The van der Waals surface area contributed by atoms with Gasteiger partial charge in [-0.25, -0.2) is 4.79 Å². The molecule has 2 unspecified atom stereocenters. The molecular weight excluding hydrogens is 382 g/mol. The van der Waals surface area contributed by atoms with Crippen LogP contribution in [0.2, 0.25) is 0 Å². The molecule has 1 fully saturated rings. The van der Waals surface area contributed by atoms with Crippen LogP contribution in [0.25, 0.3) is 0 Å². The Morgan fingerprint density at radius 1 is 1.10 bits per heavy atom. The van der Waals surface area contributed by atoms with Gasteiger partial charge < -0.3 is 19.4 Å². The number of carbonyl (C=O) groups is 1. The molecule has 2 aromatic carbocycles. The van der Waals surface area contributed by atoms with Crippen molar-refractivity contribution in [2.75, 3.05) is 19.7 Å². The van der Waals surface area contributed by atoms with Crippen molar-refractivity contribution in [3.63, 3.8) is 0 Å². The summed E-state index contributed by atoms with van der Waals surface area (Å²) >= 11 is 0. The number of nitrogens with zero attached hydrogens (tertiary/aromatic N) is 1. The molecule has 0 saturated carbocycles. The van der Waals surface area contributed by atoms with Crippen molar-refractivity contribution in [2.24, 2.45) is 5.92 Å². The number of hydrogen-bond acceptors (Lipinski definition) is 6. The molecule has 1 aliphatic heterocycles. The number of aliphatic hydroxyl groups excluding tert-OH is 1. The molecule has 2 atom stereocenters. The lowest BCUT2D eigenvalue weighted by Crippen LogP contribution is -2.42. The zero-order valence-corrected chi connectivity index (χ0v) is 17.9. The highest BCUT2D eigenvalue weighted by Crippen LogP contribution is 2.34. The van der Waals surface area contributed by atoms with Crippen molar-refractivity contribution in [3.8, 4) is 5.75 Å². The van der Waals surface area contributed by atoms with Gasteiger partial charge in [0, 0.05) is 25.6 Å². The van der Waals surface area contributed by atoms with Gasteiger partial charge in [0.15, 0.2) is 0 Å². The Morgan fingerprint density at radius 2 is 1.80 bits per heavy atom. The Labute approximate surface area is 178 Å². The average molecular weight is 414 g/mol. The van der Waals surface area contributed by atoms with E-state index in [9.17, 15) is 9.90 Å². The number of benzene rings is 2. The molecule has 30 heavy (non-hydrogen) atoms. The molecule has 0 spiro atoms. The summed E-state index contributed by atoms with van der Waals surface area (Å²) in [7, 11) is 0. The van der Waals surface area contributed by atoms with E-state index in [1.807, 2.05) is 42.5 Å². The van der Waals surface area contributed by atoms with E-state index < -0.39 is 11.8 Å². The van der Waals surface area contributed by atoms with E-state index in [0.29, 0.717) is 19.7 Å². The number of piperidine rings is 1. The largest absolute Gasteiger partial charge is 0.528 e. The third-order valence-electron chi connectivity index (χ3n) is 5.08.